The largest absolute Gasteiger partial charge is 0.456 e. The number of nitrogen functional groups attached to an aromatic ring is 1. The monoisotopic (exact) mass is 374 g/mol. The lowest BCUT2D eigenvalue weighted by atomic mass is 10.1. The van der Waals surface area contributed by atoms with Crippen molar-refractivity contribution in [3.63, 3.8) is 0 Å². The molecule has 0 aliphatic carbocycles. The SMILES string of the molecule is CC[C@H]1O[C@@H](n2nc(C#N)c3c(N)ncnc32)C(OC(C)=O)[C@@H]1OC(C)=O. The van der Waals surface area contributed by atoms with E-state index in [-0.39, 0.29) is 22.5 Å². The van der Waals surface area contributed by atoms with Crippen LogP contribution in [-0.2, 0) is 23.8 Å². The maximum Gasteiger partial charge on any atom is 0.303 e. The van der Waals surface area contributed by atoms with Gasteiger partial charge in [-0.05, 0) is 6.42 Å². The molecular formula is C16H18N6O5. The number of nitrogens with two attached hydrogens (primary N) is 1. The van der Waals surface area contributed by atoms with Crippen LogP contribution in [0.3, 0.4) is 0 Å². The normalized spacial score (nSPS) is 24.5. The highest BCUT2D eigenvalue weighted by molar-refractivity contribution is 5.90. The van der Waals surface area contributed by atoms with Crippen molar-refractivity contribution < 1.29 is 23.8 Å². The summed E-state index contributed by atoms with van der Waals surface area (Å²) in [5, 5.41) is 13.8. The Kier molecular flexibility index (Phi) is 4.91. The van der Waals surface area contributed by atoms with E-state index in [9.17, 15) is 14.9 Å². The molecule has 3 rings (SSSR count). The second kappa shape index (κ2) is 7.16. The van der Waals surface area contributed by atoms with Gasteiger partial charge in [-0.1, -0.05) is 6.92 Å². The number of carbonyl (C=O) groups is 2. The van der Waals surface area contributed by atoms with Crippen LogP contribution in [0.15, 0.2) is 6.33 Å². The van der Waals surface area contributed by atoms with Gasteiger partial charge in [0.2, 0.25) is 0 Å². The number of esters is 2. The number of carbonyl (C=O) groups excluding carboxylic acids is 2. The van der Waals surface area contributed by atoms with E-state index in [1.54, 1.807) is 0 Å². The van der Waals surface area contributed by atoms with Crippen LogP contribution in [0.4, 0.5) is 5.82 Å². The van der Waals surface area contributed by atoms with Gasteiger partial charge in [0.15, 0.2) is 29.8 Å². The summed E-state index contributed by atoms with van der Waals surface area (Å²) in [6.45, 7) is 4.34. The molecule has 142 valence electrons. The summed E-state index contributed by atoms with van der Waals surface area (Å²) in [4.78, 5) is 31.2. The fraction of sp³-hybridized carbons (Fsp3) is 0.500. The summed E-state index contributed by atoms with van der Waals surface area (Å²) < 4.78 is 18.0. The van der Waals surface area contributed by atoms with Crippen LogP contribution in [0.5, 0.6) is 0 Å². The molecule has 1 aliphatic rings. The van der Waals surface area contributed by atoms with Gasteiger partial charge >= 0.3 is 11.9 Å². The van der Waals surface area contributed by atoms with Gasteiger partial charge in [0.1, 0.15) is 24.3 Å². The lowest BCUT2D eigenvalue weighted by molar-refractivity contribution is -0.165. The molecule has 3 heterocycles. The molecular weight excluding hydrogens is 356 g/mol. The summed E-state index contributed by atoms with van der Waals surface area (Å²) in [7, 11) is 0. The topological polar surface area (TPSA) is 155 Å². The Bertz CT molecular complexity index is 935. The molecule has 0 spiro atoms. The molecule has 0 radical (unpaired) electrons. The third-order valence-corrected chi connectivity index (χ3v) is 4.16. The predicted molar refractivity (Wildman–Crippen MR) is 89.8 cm³/mol. The fourth-order valence-electron chi connectivity index (χ4n) is 3.14. The number of fused-ring (bicyclic) bond motifs is 1. The van der Waals surface area contributed by atoms with Crippen LogP contribution in [0.2, 0.25) is 0 Å². The summed E-state index contributed by atoms with van der Waals surface area (Å²) in [5.41, 5.74) is 6.12. The number of anilines is 1. The van der Waals surface area contributed by atoms with Crippen molar-refractivity contribution in [3.8, 4) is 6.07 Å². The van der Waals surface area contributed by atoms with E-state index in [1.165, 1.54) is 24.9 Å². The number of hydrogen-bond donors (Lipinski definition) is 1. The quantitative estimate of drug-likeness (QED) is 0.745. The van der Waals surface area contributed by atoms with E-state index in [1.807, 2.05) is 13.0 Å². The molecule has 27 heavy (non-hydrogen) atoms. The molecule has 1 unspecified atom stereocenters. The van der Waals surface area contributed by atoms with Gasteiger partial charge in [-0.3, -0.25) is 9.59 Å². The van der Waals surface area contributed by atoms with E-state index in [4.69, 9.17) is 19.9 Å². The van der Waals surface area contributed by atoms with Crippen LogP contribution in [0, 0.1) is 11.3 Å². The Morgan fingerprint density at radius 2 is 1.96 bits per heavy atom. The van der Waals surface area contributed by atoms with Crippen molar-refractivity contribution in [2.75, 3.05) is 5.73 Å². The number of aromatic nitrogens is 4. The van der Waals surface area contributed by atoms with E-state index in [0.29, 0.717) is 6.42 Å². The molecule has 2 aromatic rings. The minimum Gasteiger partial charge on any atom is -0.456 e. The molecule has 4 atom stereocenters. The first-order valence-corrected chi connectivity index (χ1v) is 8.26. The van der Waals surface area contributed by atoms with Crippen LogP contribution >= 0.6 is 0 Å². The first-order valence-electron chi connectivity index (χ1n) is 8.26. The standard InChI is InChI=1S/C16H18N6O5/c1-4-10-12(25-7(2)23)13(26-8(3)24)16(27-10)22-15-11(9(5-17)21-22)14(18)19-6-20-15/h6,10,12-13,16H,4H2,1-3H3,(H2,18,19,20)/t10-,12-,13?,16-/m1/s1. The van der Waals surface area contributed by atoms with Crippen molar-refractivity contribution in [2.45, 2.75) is 51.7 Å². The van der Waals surface area contributed by atoms with Crippen molar-refractivity contribution >= 4 is 28.8 Å². The smallest absolute Gasteiger partial charge is 0.303 e. The van der Waals surface area contributed by atoms with Crippen molar-refractivity contribution in [2.24, 2.45) is 0 Å². The van der Waals surface area contributed by atoms with Gasteiger partial charge in [0.25, 0.3) is 0 Å². The van der Waals surface area contributed by atoms with Crippen molar-refractivity contribution in [3.05, 3.63) is 12.0 Å². The molecule has 0 amide bonds. The van der Waals surface area contributed by atoms with Crippen molar-refractivity contribution in [1.29, 1.82) is 5.26 Å². The van der Waals surface area contributed by atoms with Gasteiger partial charge in [-0.25, -0.2) is 14.6 Å². The average Bonchev–Trinajstić information content (AvgIpc) is 3.14. The lowest BCUT2D eigenvalue weighted by Gasteiger charge is -2.23. The molecule has 0 aromatic carbocycles. The second-order valence-corrected chi connectivity index (χ2v) is 5.98. The fourth-order valence-corrected chi connectivity index (χ4v) is 3.14. The highest BCUT2D eigenvalue weighted by Crippen LogP contribution is 2.37. The first-order chi connectivity index (χ1) is 12.9. The van der Waals surface area contributed by atoms with Gasteiger partial charge in [0, 0.05) is 13.8 Å². The Balaban J connectivity index is 2.13. The Morgan fingerprint density at radius 1 is 1.30 bits per heavy atom. The van der Waals surface area contributed by atoms with E-state index in [0.717, 1.165) is 0 Å². The highest BCUT2D eigenvalue weighted by atomic mass is 16.6. The van der Waals surface area contributed by atoms with E-state index < -0.39 is 36.5 Å². The number of nitriles is 1. The average molecular weight is 374 g/mol. The Morgan fingerprint density at radius 3 is 2.56 bits per heavy atom. The number of hydrogen-bond acceptors (Lipinski definition) is 10. The minimum absolute atomic E-state index is 0.0114. The second-order valence-electron chi connectivity index (χ2n) is 5.98. The number of rotatable bonds is 4. The van der Waals surface area contributed by atoms with E-state index >= 15 is 0 Å². The van der Waals surface area contributed by atoms with Crippen molar-refractivity contribution in [1.82, 2.24) is 19.7 Å². The number of nitrogens with zero attached hydrogens (tertiary/aromatic N) is 5. The summed E-state index contributed by atoms with van der Waals surface area (Å²) >= 11 is 0. The molecule has 1 saturated heterocycles. The zero-order valence-electron chi connectivity index (χ0n) is 14.9. The Labute approximate surface area is 154 Å². The first kappa shape index (κ1) is 18.5. The Hall–Kier alpha value is -3.26. The third-order valence-electron chi connectivity index (χ3n) is 4.16. The molecule has 0 bridgehead atoms. The minimum atomic E-state index is -0.970. The lowest BCUT2D eigenvalue weighted by Crippen LogP contribution is -2.38. The maximum absolute atomic E-state index is 11.6. The van der Waals surface area contributed by atoms with Gasteiger partial charge in [-0.2, -0.15) is 10.4 Å². The number of ether oxygens (including phenoxy) is 3. The summed E-state index contributed by atoms with van der Waals surface area (Å²) in [6.07, 6.45) is -1.57. The highest BCUT2D eigenvalue weighted by Gasteiger charge is 2.50. The third kappa shape index (κ3) is 3.26. The molecule has 2 aromatic heterocycles. The van der Waals surface area contributed by atoms with Gasteiger partial charge in [-0.15, -0.1) is 0 Å². The van der Waals surface area contributed by atoms with Gasteiger partial charge in [0.05, 0.1) is 5.39 Å². The zero-order valence-corrected chi connectivity index (χ0v) is 14.9. The van der Waals surface area contributed by atoms with Crippen LogP contribution < -0.4 is 5.73 Å². The van der Waals surface area contributed by atoms with Crippen LogP contribution in [0.25, 0.3) is 11.0 Å². The zero-order chi connectivity index (χ0) is 19.7. The molecule has 0 saturated carbocycles. The summed E-state index contributed by atoms with van der Waals surface area (Å²) in [6, 6.07) is 1.94. The predicted octanol–water partition coefficient (Wildman–Crippen LogP) is 0.451. The molecule has 1 fully saturated rings. The van der Waals surface area contributed by atoms with E-state index in [2.05, 4.69) is 15.1 Å². The molecule has 2 N–H and O–H groups in total. The van der Waals surface area contributed by atoms with Gasteiger partial charge < -0.3 is 19.9 Å². The van der Waals surface area contributed by atoms with Crippen LogP contribution in [0.1, 0.15) is 39.1 Å². The maximum atomic E-state index is 11.6. The molecule has 1 aliphatic heterocycles. The molecule has 11 nitrogen and oxygen atoms in total. The summed E-state index contributed by atoms with van der Waals surface area (Å²) in [5.74, 6) is -1.02. The van der Waals surface area contributed by atoms with Crippen LogP contribution in [-0.4, -0.2) is 50.0 Å². The molecule has 11 heteroatoms.